The summed E-state index contributed by atoms with van der Waals surface area (Å²) in [6.45, 7) is 0.480. The first-order valence-electron chi connectivity index (χ1n) is 5.12. The second-order valence-electron chi connectivity index (χ2n) is 4.04. The topological polar surface area (TPSA) is 44.1 Å². The molecule has 90 valence electrons. The van der Waals surface area contributed by atoms with Gasteiger partial charge >= 0.3 is 6.18 Å². The Balaban J connectivity index is 2.71. The predicted octanol–water partition coefficient (Wildman–Crippen LogP) is 2.09. The van der Waals surface area contributed by atoms with Crippen molar-refractivity contribution in [2.75, 3.05) is 13.1 Å². The maximum atomic E-state index is 12.2. The van der Waals surface area contributed by atoms with Gasteiger partial charge in [-0.15, -0.1) is 0 Å². The zero-order valence-corrected chi connectivity index (χ0v) is 8.97. The molecule has 6 heteroatoms. The summed E-state index contributed by atoms with van der Waals surface area (Å²) in [4.78, 5) is 12.5. The molecular formula is C10H13F3N2O. The number of hydrogen-bond acceptors (Lipinski definition) is 2. The quantitative estimate of drug-likeness (QED) is 0.747. The van der Waals surface area contributed by atoms with Gasteiger partial charge in [0.1, 0.15) is 12.0 Å². The summed E-state index contributed by atoms with van der Waals surface area (Å²) in [6.07, 6.45) is -3.21. The predicted molar refractivity (Wildman–Crippen MR) is 50.2 cm³/mol. The van der Waals surface area contributed by atoms with E-state index in [1.165, 1.54) is 0 Å². The Bertz CT molecular complexity index is 315. The number of rotatable bonds is 4. The molecule has 0 heterocycles. The molecule has 0 aromatic heterocycles. The molecule has 0 saturated heterocycles. The van der Waals surface area contributed by atoms with Crippen molar-refractivity contribution in [3.8, 4) is 6.07 Å². The summed E-state index contributed by atoms with van der Waals surface area (Å²) in [6, 6.07) is 1.82. The van der Waals surface area contributed by atoms with E-state index in [1.54, 1.807) is 6.92 Å². The summed E-state index contributed by atoms with van der Waals surface area (Å²) < 4.78 is 36.7. The second-order valence-corrected chi connectivity index (χ2v) is 4.04. The lowest BCUT2D eigenvalue weighted by atomic mass is 10.1. The maximum Gasteiger partial charge on any atom is 0.406 e. The average molecular weight is 234 g/mol. The van der Waals surface area contributed by atoms with Crippen LogP contribution in [0.3, 0.4) is 0 Å². The van der Waals surface area contributed by atoms with Crippen LogP contribution in [0.15, 0.2) is 0 Å². The van der Waals surface area contributed by atoms with Crippen LogP contribution < -0.4 is 0 Å². The minimum absolute atomic E-state index is 0.0434. The van der Waals surface area contributed by atoms with Gasteiger partial charge in [-0.2, -0.15) is 18.4 Å². The SMILES string of the molecule is CCCN(CC(F)(F)F)C(=O)C1(C#N)CC1. The van der Waals surface area contributed by atoms with Crippen molar-refractivity contribution in [1.82, 2.24) is 4.90 Å². The van der Waals surface area contributed by atoms with Crippen LogP contribution >= 0.6 is 0 Å². The number of carbonyl (C=O) groups excluding carboxylic acids is 1. The molecule has 0 bridgehead atoms. The van der Waals surface area contributed by atoms with Crippen molar-refractivity contribution in [2.24, 2.45) is 5.41 Å². The van der Waals surface area contributed by atoms with Crippen LogP contribution in [0, 0.1) is 16.7 Å². The van der Waals surface area contributed by atoms with Gasteiger partial charge in [-0.3, -0.25) is 4.79 Å². The third-order valence-electron chi connectivity index (χ3n) is 2.52. The van der Waals surface area contributed by atoms with Gasteiger partial charge in [-0.25, -0.2) is 0 Å². The van der Waals surface area contributed by atoms with E-state index in [0.717, 1.165) is 4.90 Å². The Morgan fingerprint density at radius 1 is 1.50 bits per heavy atom. The standard InChI is InChI=1S/C10H13F3N2O/c1-2-5-15(7-10(11,12)13)8(16)9(6-14)3-4-9/h2-5,7H2,1H3. The van der Waals surface area contributed by atoms with Crippen LogP contribution in [0.2, 0.25) is 0 Å². The highest BCUT2D eigenvalue weighted by Gasteiger charge is 2.53. The fourth-order valence-electron chi connectivity index (χ4n) is 1.54. The Hall–Kier alpha value is -1.25. The summed E-state index contributed by atoms with van der Waals surface area (Å²) >= 11 is 0. The van der Waals surface area contributed by atoms with E-state index >= 15 is 0 Å². The molecule has 0 spiro atoms. The number of nitriles is 1. The number of nitrogens with zero attached hydrogens (tertiary/aromatic N) is 2. The van der Waals surface area contributed by atoms with Crippen molar-refractivity contribution in [1.29, 1.82) is 5.26 Å². The van der Waals surface area contributed by atoms with Gasteiger partial charge in [0.25, 0.3) is 0 Å². The molecular weight excluding hydrogens is 221 g/mol. The van der Waals surface area contributed by atoms with Crippen molar-refractivity contribution in [2.45, 2.75) is 32.4 Å². The molecule has 0 aliphatic heterocycles. The summed E-state index contributed by atoms with van der Waals surface area (Å²) in [5.41, 5.74) is -1.17. The zero-order chi connectivity index (χ0) is 12.4. The van der Waals surface area contributed by atoms with Crippen LogP contribution in [0.1, 0.15) is 26.2 Å². The lowest BCUT2D eigenvalue weighted by Crippen LogP contribution is -2.43. The molecule has 0 atom stereocenters. The molecule has 1 aliphatic rings. The van der Waals surface area contributed by atoms with E-state index in [2.05, 4.69) is 0 Å². The molecule has 1 aliphatic carbocycles. The van der Waals surface area contributed by atoms with Gasteiger partial charge in [0.05, 0.1) is 6.07 Å². The fourth-order valence-corrected chi connectivity index (χ4v) is 1.54. The molecule has 0 unspecified atom stereocenters. The van der Waals surface area contributed by atoms with Crippen molar-refractivity contribution < 1.29 is 18.0 Å². The maximum absolute atomic E-state index is 12.2. The van der Waals surface area contributed by atoms with Gasteiger partial charge in [-0.05, 0) is 19.3 Å². The van der Waals surface area contributed by atoms with E-state index < -0.39 is 24.0 Å². The summed E-state index contributed by atoms with van der Waals surface area (Å²) in [5.74, 6) is -0.672. The molecule has 0 aromatic rings. The summed E-state index contributed by atoms with van der Waals surface area (Å²) in [5, 5.41) is 8.76. The highest BCUT2D eigenvalue weighted by atomic mass is 19.4. The van der Waals surface area contributed by atoms with Crippen LogP contribution in [-0.2, 0) is 4.79 Å². The number of amides is 1. The van der Waals surface area contributed by atoms with Crippen LogP contribution in [0.4, 0.5) is 13.2 Å². The lowest BCUT2D eigenvalue weighted by molar-refractivity contribution is -0.163. The minimum atomic E-state index is -4.41. The third-order valence-corrected chi connectivity index (χ3v) is 2.52. The largest absolute Gasteiger partial charge is 0.406 e. The van der Waals surface area contributed by atoms with E-state index in [1.807, 2.05) is 6.07 Å². The number of hydrogen-bond donors (Lipinski definition) is 0. The Morgan fingerprint density at radius 2 is 2.06 bits per heavy atom. The van der Waals surface area contributed by atoms with E-state index in [-0.39, 0.29) is 6.54 Å². The monoisotopic (exact) mass is 234 g/mol. The van der Waals surface area contributed by atoms with Crippen LogP contribution in [-0.4, -0.2) is 30.1 Å². The second kappa shape index (κ2) is 4.32. The molecule has 0 N–H and O–H groups in total. The van der Waals surface area contributed by atoms with E-state index in [4.69, 9.17) is 5.26 Å². The average Bonchev–Trinajstić information content (AvgIpc) is 2.94. The van der Waals surface area contributed by atoms with E-state index in [9.17, 15) is 18.0 Å². The van der Waals surface area contributed by atoms with E-state index in [0.29, 0.717) is 19.3 Å². The van der Waals surface area contributed by atoms with Gasteiger partial charge in [-0.1, -0.05) is 6.92 Å². The summed E-state index contributed by atoms with van der Waals surface area (Å²) in [7, 11) is 0. The normalized spacial score (nSPS) is 17.7. The highest BCUT2D eigenvalue weighted by Crippen LogP contribution is 2.46. The first-order chi connectivity index (χ1) is 7.34. The minimum Gasteiger partial charge on any atom is -0.332 e. The number of halogens is 3. The van der Waals surface area contributed by atoms with Gasteiger partial charge in [0.15, 0.2) is 0 Å². The molecule has 1 fully saturated rings. The van der Waals surface area contributed by atoms with Gasteiger partial charge in [0, 0.05) is 6.54 Å². The van der Waals surface area contributed by atoms with Gasteiger partial charge < -0.3 is 4.90 Å². The Labute approximate surface area is 91.8 Å². The Morgan fingerprint density at radius 3 is 2.38 bits per heavy atom. The molecule has 1 saturated carbocycles. The smallest absolute Gasteiger partial charge is 0.332 e. The first-order valence-corrected chi connectivity index (χ1v) is 5.12. The number of carbonyl (C=O) groups is 1. The number of alkyl halides is 3. The van der Waals surface area contributed by atoms with Crippen molar-refractivity contribution >= 4 is 5.91 Å². The van der Waals surface area contributed by atoms with Crippen molar-refractivity contribution in [3.63, 3.8) is 0 Å². The Kier molecular flexibility index (Phi) is 3.46. The van der Waals surface area contributed by atoms with Crippen LogP contribution in [0.5, 0.6) is 0 Å². The lowest BCUT2D eigenvalue weighted by Gasteiger charge is -2.25. The molecule has 0 aromatic carbocycles. The third kappa shape index (κ3) is 2.87. The van der Waals surface area contributed by atoms with Gasteiger partial charge in [0.2, 0.25) is 5.91 Å². The molecule has 16 heavy (non-hydrogen) atoms. The first kappa shape index (κ1) is 12.8. The zero-order valence-electron chi connectivity index (χ0n) is 8.97. The van der Waals surface area contributed by atoms with Crippen molar-refractivity contribution in [3.05, 3.63) is 0 Å². The highest BCUT2D eigenvalue weighted by molar-refractivity contribution is 5.88. The molecule has 1 rings (SSSR count). The molecule has 3 nitrogen and oxygen atoms in total. The molecule has 1 amide bonds. The molecule has 0 radical (unpaired) electrons. The van der Waals surface area contributed by atoms with Crippen LogP contribution in [0.25, 0.3) is 0 Å². The fraction of sp³-hybridized carbons (Fsp3) is 0.800.